The first-order valence-corrected chi connectivity index (χ1v) is 5.53. The highest BCUT2D eigenvalue weighted by Crippen LogP contribution is 2.16. The maximum absolute atomic E-state index is 9.80. The molecule has 1 aromatic rings. The Labute approximate surface area is 102 Å². The summed E-state index contributed by atoms with van der Waals surface area (Å²) < 4.78 is 0. The van der Waals surface area contributed by atoms with Crippen molar-refractivity contribution in [3.05, 3.63) is 35.9 Å². The van der Waals surface area contributed by atoms with Crippen LogP contribution in [0.25, 0.3) is 0 Å². The van der Waals surface area contributed by atoms with Gasteiger partial charge in [-0.1, -0.05) is 30.3 Å². The molecule has 0 fully saturated rings. The number of rotatable bonds is 5. The zero-order valence-corrected chi connectivity index (χ0v) is 10.1. The Bertz CT molecular complexity index is 379. The molecule has 1 aromatic carbocycles. The molecule has 4 heteroatoms. The highest BCUT2D eigenvalue weighted by molar-refractivity contribution is 5.20. The number of nitrogens with zero attached hydrogens (tertiary/aromatic N) is 1. The predicted octanol–water partition coefficient (Wildman–Crippen LogP) is 0.973. The van der Waals surface area contributed by atoms with Crippen LogP contribution in [0.3, 0.4) is 0 Å². The Hall–Kier alpha value is -1.41. The summed E-state index contributed by atoms with van der Waals surface area (Å²) in [7, 11) is 0. The molecular formula is C13H18N2O2. The highest BCUT2D eigenvalue weighted by Gasteiger charge is 2.28. The lowest BCUT2D eigenvalue weighted by atomic mass is 9.98. The van der Waals surface area contributed by atoms with E-state index in [2.05, 4.69) is 5.32 Å². The van der Waals surface area contributed by atoms with Crippen LogP contribution in [0.2, 0.25) is 0 Å². The fourth-order valence-corrected chi connectivity index (χ4v) is 1.54. The summed E-state index contributed by atoms with van der Waals surface area (Å²) in [4.78, 5) is 0. The molecule has 0 radical (unpaired) electrons. The lowest BCUT2D eigenvalue weighted by Gasteiger charge is -2.28. The Morgan fingerprint density at radius 2 is 1.94 bits per heavy atom. The van der Waals surface area contributed by atoms with Crippen molar-refractivity contribution in [2.24, 2.45) is 0 Å². The fraction of sp³-hybridized carbons (Fsp3) is 0.462. The van der Waals surface area contributed by atoms with Crippen LogP contribution in [0.4, 0.5) is 0 Å². The average molecular weight is 234 g/mol. The topological polar surface area (TPSA) is 76.3 Å². The summed E-state index contributed by atoms with van der Waals surface area (Å²) in [6, 6.07) is 10.3. The van der Waals surface area contributed by atoms with Gasteiger partial charge in [0.2, 0.25) is 0 Å². The number of hydrogen-bond acceptors (Lipinski definition) is 4. The zero-order chi connectivity index (χ0) is 12.9. The van der Waals surface area contributed by atoms with E-state index in [1.165, 1.54) is 0 Å². The summed E-state index contributed by atoms with van der Waals surface area (Å²) in [6.45, 7) is 3.00. The van der Waals surface area contributed by atoms with Crippen molar-refractivity contribution in [1.82, 2.24) is 5.32 Å². The van der Waals surface area contributed by atoms with E-state index in [0.29, 0.717) is 0 Å². The Morgan fingerprint density at radius 1 is 1.35 bits per heavy atom. The summed E-state index contributed by atoms with van der Waals surface area (Å²) in [5.41, 5.74) is -0.267. The smallest absolute Gasteiger partial charge is 0.124 e. The molecule has 0 amide bonds. The Balaban J connectivity index is 2.81. The minimum absolute atomic E-state index is 0.127. The molecule has 0 heterocycles. The van der Waals surface area contributed by atoms with E-state index < -0.39 is 11.6 Å². The average Bonchev–Trinajstić information content (AvgIpc) is 2.30. The van der Waals surface area contributed by atoms with E-state index in [9.17, 15) is 10.2 Å². The minimum atomic E-state index is -1.16. The second-order valence-corrected chi connectivity index (χ2v) is 4.53. The van der Waals surface area contributed by atoms with Crippen molar-refractivity contribution >= 4 is 0 Å². The standard InChI is InChI=1S/C13H18N2O2/c1-13(2,17)12(8-14)15-11(9-16)10-6-4-3-5-7-10/h3-7,11-12,15-17H,9H2,1-2H3. The monoisotopic (exact) mass is 234 g/mol. The molecule has 17 heavy (non-hydrogen) atoms. The molecule has 0 bridgehead atoms. The van der Waals surface area contributed by atoms with Gasteiger partial charge in [-0.15, -0.1) is 0 Å². The van der Waals surface area contributed by atoms with Crippen LogP contribution in [-0.2, 0) is 0 Å². The van der Waals surface area contributed by atoms with E-state index in [-0.39, 0.29) is 12.6 Å². The molecule has 0 saturated heterocycles. The third-order valence-electron chi connectivity index (χ3n) is 2.59. The van der Waals surface area contributed by atoms with Crippen molar-refractivity contribution in [2.45, 2.75) is 31.5 Å². The van der Waals surface area contributed by atoms with Gasteiger partial charge in [-0.2, -0.15) is 5.26 Å². The van der Waals surface area contributed by atoms with Crippen molar-refractivity contribution in [3.63, 3.8) is 0 Å². The maximum Gasteiger partial charge on any atom is 0.124 e. The van der Waals surface area contributed by atoms with E-state index in [0.717, 1.165) is 5.56 Å². The van der Waals surface area contributed by atoms with Crippen molar-refractivity contribution in [1.29, 1.82) is 5.26 Å². The van der Waals surface area contributed by atoms with Gasteiger partial charge >= 0.3 is 0 Å². The van der Waals surface area contributed by atoms with E-state index in [1.54, 1.807) is 13.8 Å². The SMILES string of the molecule is CC(C)(O)C(C#N)NC(CO)c1ccccc1. The lowest BCUT2D eigenvalue weighted by Crippen LogP contribution is -2.47. The first-order valence-electron chi connectivity index (χ1n) is 5.53. The van der Waals surface area contributed by atoms with Crippen LogP contribution >= 0.6 is 0 Å². The lowest BCUT2D eigenvalue weighted by molar-refractivity contribution is 0.0490. The molecule has 2 unspecified atom stereocenters. The fourth-order valence-electron chi connectivity index (χ4n) is 1.54. The van der Waals surface area contributed by atoms with Gasteiger partial charge in [-0.3, -0.25) is 5.32 Å². The van der Waals surface area contributed by atoms with Gasteiger partial charge < -0.3 is 10.2 Å². The molecule has 92 valence electrons. The van der Waals surface area contributed by atoms with Crippen molar-refractivity contribution in [3.8, 4) is 6.07 Å². The number of benzene rings is 1. The maximum atomic E-state index is 9.80. The van der Waals surface area contributed by atoms with Gasteiger partial charge in [0.25, 0.3) is 0 Å². The van der Waals surface area contributed by atoms with Crippen LogP contribution in [-0.4, -0.2) is 28.5 Å². The second-order valence-electron chi connectivity index (χ2n) is 4.53. The van der Waals surface area contributed by atoms with Crippen LogP contribution in [0.15, 0.2) is 30.3 Å². The summed E-state index contributed by atoms with van der Waals surface area (Å²) in [5.74, 6) is 0. The minimum Gasteiger partial charge on any atom is -0.394 e. The Kier molecular flexibility index (Phi) is 4.64. The quantitative estimate of drug-likeness (QED) is 0.709. The second kappa shape index (κ2) is 5.78. The van der Waals surface area contributed by atoms with E-state index in [4.69, 9.17) is 5.26 Å². The van der Waals surface area contributed by atoms with Crippen molar-refractivity contribution in [2.75, 3.05) is 6.61 Å². The molecule has 0 saturated carbocycles. The van der Waals surface area contributed by atoms with Crippen molar-refractivity contribution < 1.29 is 10.2 Å². The number of nitriles is 1. The molecule has 0 aliphatic heterocycles. The van der Waals surface area contributed by atoms with Crippen LogP contribution in [0, 0.1) is 11.3 Å². The number of hydrogen-bond donors (Lipinski definition) is 3. The van der Waals surface area contributed by atoms with Gasteiger partial charge in [0.15, 0.2) is 0 Å². The van der Waals surface area contributed by atoms with Crippen LogP contribution in [0.5, 0.6) is 0 Å². The number of aliphatic hydroxyl groups excluding tert-OH is 1. The summed E-state index contributed by atoms with van der Waals surface area (Å²) in [6.07, 6.45) is 0. The van der Waals surface area contributed by atoms with Gasteiger partial charge in [0.1, 0.15) is 6.04 Å². The first-order chi connectivity index (χ1) is 7.99. The zero-order valence-electron chi connectivity index (χ0n) is 10.1. The molecule has 0 aromatic heterocycles. The van der Waals surface area contributed by atoms with Gasteiger partial charge in [0, 0.05) is 0 Å². The Morgan fingerprint density at radius 3 is 2.35 bits per heavy atom. The largest absolute Gasteiger partial charge is 0.394 e. The van der Waals surface area contributed by atoms with Crippen LogP contribution in [0.1, 0.15) is 25.5 Å². The molecule has 0 spiro atoms. The third-order valence-corrected chi connectivity index (χ3v) is 2.59. The molecule has 4 nitrogen and oxygen atoms in total. The number of aliphatic hydroxyl groups is 2. The van der Waals surface area contributed by atoms with E-state index >= 15 is 0 Å². The molecule has 1 rings (SSSR count). The van der Waals surface area contributed by atoms with Gasteiger partial charge in [-0.05, 0) is 19.4 Å². The first kappa shape index (κ1) is 13.7. The van der Waals surface area contributed by atoms with Gasteiger partial charge in [0.05, 0.1) is 24.3 Å². The van der Waals surface area contributed by atoms with E-state index in [1.807, 2.05) is 36.4 Å². The highest BCUT2D eigenvalue weighted by atomic mass is 16.3. The normalized spacial score (nSPS) is 15.0. The third kappa shape index (κ3) is 3.82. The molecule has 0 aliphatic carbocycles. The number of nitrogens with one attached hydrogen (secondary N) is 1. The van der Waals surface area contributed by atoms with Gasteiger partial charge in [-0.25, -0.2) is 0 Å². The predicted molar refractivity (Wildman–Crippen MR) is 65.1 cm³/mol. The summed E-state index contributed by atoms with van der Waals surface area (Å²) >= 11 is 0. The van der Waals surface area contributed by atoms with Crippen LogP contribution < -0.4 is 5.32 Å². The molecule has 2 atom stereocenters. The summed E-state index contributed by atoms with van der Waals surface area (Å²) in [5, 5.41) is 31.1. The molecular weight excluding hydrogens is 216 g/mol. The molecule has 3 N–H and O–H groups in total. The molecule has 0 aliphatic rings.